The molecule has 1 heterocycles. The quantitative estimate of drug-likeness (QED) is 0.907. The van der Waals surface area contributed by atoms with Gasteiger partial charge in [-0.05, 0) is 53.0 Å². The summed E-state index contributed by atoms with van der Waals surface area (Å²) in [7, 11) is 0. The lowest BCUT2D eigenvalue weighted by Crippen LogP contribution is -2.42. The maximum atomic E-state index is 13.1. The second-order valence-corrected chi connectivity index (χ2v) is 5.24. The Kier molecular flexibility index (Phi) is 5.86. The van der Waals surface area contributed by atoms with Gasteiger partial charge in [0.25, 0.3) is 0 Å². The number of benzene rings is 1. The van der Waals surface area contributed by atoms with Crippen LogP contribution in [-0.4, -0.2) is 24.0 Å². The highest BCUT2D eigenvalue weighted by molar-refractivity contribution is 9.10. The first-order chi connectivity index (χ1) is 7.65. The molecule has 1 unspecified atom stereocenters. The van der Waals surface area contributed by atoms with Crippen molar-refractivity contribution in [1.29, 1.82) is 0 Å². The van der Waals surface area contributed by atoms with Gasteiger partial charge < -0.3 is 5.73 Å². The van der Waals surface area contributed by atoms with Crippen molar-refractivity contribution in [3.8, 4) is 0 Å². The predicted molar refractivity (Wildman–Crippen MR) is 73.8 cm³/mol. The molecule has 0 aliphatic carbocycles. The van der Waals surface area contributed by atoms with E-state index in [1.807, 2.05) is 12.1 Å². The van der Waals surface area contributed by atoms with E-state index in [2.05, 4.69) is 20.8 Å². The third kappa shape index (κ3) is 4.21. The summed E-state index contributed by atoms with van der Waals surface area (Å²) in [5.74, 6) is -0.209. The Morgan fingerprint density at radius 3 is 2.88 bits per heavy atom. The fraction of sp³-hybridized carbons (Fsp3) is 0.500. The molecule has 5 heteroatoms. The van der Waals surface area contributed by atoms with E-state index in [0.717, 1.165) is 38.0 Å². The van der Waals surface area contributed by atoms with Crippen molar-refractivity contribution in [2.75, 3.05) is 13.1 Å². The van der Waals surface area contributed by atoms with Gasteiger partial charge in [0.2, 0.25) is 0 Å². The van der Waals surface area contributed by atoms with E-state index in [-0.39, 0.29) is 24.3 Å². The highest BCUT2D eigenvalue weighted by Crippen LogP contribution is 2.19. The Labute approximate surface area is 116 Å². The van der Waals surface area contributed by atoms with Crippen molar-refractivity contribution in [1.82, 2.24) is 4.90 Å². The highest BCUT2D eigenvalue weighted by Gasteiger charge is 2.16. The lowest BCUT2D eigenvalue weighted by atomic mass is 10.1. The molecular formula is C12H17BrClFN2. The van der Waals surface area contributed by atoms with Crippen molar-refractivity contribution in [2.45, 2.75) is 25.4 Å². The minimum Gasteiger partial charge on any atom is -0.327 e. The lowest BCUT2D eigenvalue weighted by Gasteiger charge is -2.30. The van der Waals surface area contributed by atoms with Crippen molar-refractivity contribution in [3.63, 3.8) is 0 Å². The Hall–Kier alpha value is -0.160. The SMILES string of the molecule is Cl.NC1CCCN(Cc2ccc(F)c(Br)c2)C1. The molecule has 96 valence electrons. The van der Waals surface area contributed by atoms with E-state index >= 15 is 0 Å². The van der Waals surface area contributed by atoms with Gasteiger partial charge in [0.15, 0.2) is 0 Å². The number of nitrogens with two attached hydrogens (primary N) is 1. The lowest BCUT2D eigenvalue weighted by molar-refractivity contribution is 0.201. The van der Waals surface area contributed by atoms with E-state index in [0.29, 0.717) is 4.47 Å². The zero-order valence-corrected chi connectivity index (χ0v) is 11.9. The van der Waals surface area contributed by atoms with Gasteiger partial charge in [-0.1, -0.05) is 6.07 Å². The van der Waals surface area contributed by atoms with Crippen LogP contribution in [0.2, 0.25) is 0 Å². The topological polar surface area (TPSA) is 29.3 Å². The second kappa shape index (κ2) is 6.69. The number of rotatable bonds is 2. The average Bonchev–Trinajstić information content (AvgIpc) is 2.24. The number of nitrogens with zero attached hydrogens (tertiary/aromatic N) is 1. The van der Waals surface area contributed by atoms with Crippen molar-refractivity contribution in [3.05, 3.63) is 34.1 Å². The van der Waals surface area contributed by atoms with Crippen LogP contribution in [0.4, 0.5) is 4.39 Å². The molecule has 1 aromatic carbocycles. The molecule has 1 saturated heterocycles. The van der Waals surface area contributed by atoms with Gasteiger partial charge in [-0.15, -0.1) is 12.4 Å². The van der Waals surface area contributed by atoms with Crippen molar-refractivity contribution in [2.24, 2.45) is 5.73 Å². The first kappa shape index (κ1) is 14.9. The molecular weight excluding hydrogens is 307 g/mol. The smallest absolute Gasteiger partial charge is 0.137 e. The summed E-state index contributed by atoms with van der Waals surface area (Å²) in [5, 5.41) is 0. The average molecular weight is 324 g/mol. The van der Waals surface area contributed by atoms with Crippen LogP contribution in [0.15, 0.2) is 22.7 Å². The van der Waals surface area contributed by atoms with Gasteiger partial charge in [-0.3, -0.25) is 4.90 Å². The van der Waals surface area contributed by atoms with Crippen LogP contribution in [0.25, 0.3) is 0 Å². The van der Waals surface area contributed by atoms with Gasteiger partial charge in [0.05, 0.1) is 4.47 Å². The highest BCUT2D eigenvalue weighted by atomic mass is 79.9. The second-order valence-electron chi connectivity index (χ2n) is 4.39. The molecule has 0 aromatic heterocycles. The third-order valence-electron chi connectivity index (χ3n) is 2.93. The summed E-state index contributed by atoms with van der Waals surface area (Å²) >= 11 is 3.20. The Balaban J connectivity index is 0.00000144. The molecule has 1 atom stereocenters. The number of hydrogen-bond acceptors (Lipinski definition) is 2. The Bertz CT molecular complexity index is 376. The molecule has 0 spiro atoms. The number of piperidine rings is 1. The molecule has 1 aliphatic rings. The summed E-state index contributed by atoms with van der Waals surface area (Å²) < 4.78 is 13.6. The fourth-order valence-electron chi connectivity index (χ4n) is 2.13. The molecule has 0 radical (unpaired) electrons. The van der Waals surface area contributed by atoms with Crippen LogP contribution in [0, 0.1) is 5.82 Å². The summed E-state index contributed by atoms with van der Waals surface area (Å²) in [6.07, 6.45) is 2.27. The van der Waals surface area contributed by atoms with E-state index in [1.165, 1.54) is 6.07 Å². The zero-order chi connectivity index (χ0) is 11.5. The standard InChI is InChI=1S/C12H16BrFN2.ClH/c13-11-6-9(3-4-12(11)14)7-16-5-1-2-10(15)8-16;/h3-4,6,10H,1-2,5,7-8,15H2;1H. The minimum atomic E-state index is -0.209. The normalized spacial score (nSPS) is 21.0. The van der Waals surface area contributed by atoms with Crippen molar-refractivity contribution >= 4 is 28.3 Å². The maximum absolute atomic E-state index is 13.1. The largest absolute Gasteiger partial charge is 0.327 e. The Morgan fingerprint density at radius 2 is 2.24 bits per heavy atom. The van der Waals surface area contributed by atoms with Gasteiger partial charge in [-0.25, -0.2) is 4.39 Å². The minimum absolute atomic E-state index is 0. The van der Waals surface area contributed by atoms with E-state index < -0.39 is 0 Å². The molecule has 2 rings (SSSR count). The van der Waals surface area contributed by atoms with Crippen molar-refractivity contribution < 1.29 is 4.39 Å². The number of hydrogen-bond donors (Lipinski definition) is 1. The molecule has 2 N–H and O–H groups in total. The molecule has 1 fully saturated rings. The van der Waals surface area contributed by atoms with Gasteiger partial charge in [0.1, 0.15) is 5.82 Å². The van der Waals surface area contributed by atoms with E-state index in [4.69, 9.17) is 5.73 Å². The maximum Gasteiger partial charge on any atom is 0.137 e. The molecule has 17 heavy (non-hydrogen) atoms. The zero-order valence-electron chi connectivity index (χ0n) is 9.53. The van der Waals surface area contributed by atoms with E-state index in [9.17, 15) is 4.39 Å². The summed E-state index contributed by atoms with van der Waals surface area (Å²) in [6.45, 7) is 2.88. The van der Waals surface area contributed by atoms with Crippen LogP contribution >= 0.6 is 28.3 Å². The number of halogens is 3. The van der Waals surface area contributed by atoms with Crippen LogP contribution in [-0.2, 0) is 6.54 Å². The molecule has 1 aromatic rings. The molecule has 0 bridgehead atoms. The first-order valence-electron chi connectivity index (χ1n) is 5.57. The van der Waals surface area contributed by atoms with Crippen LogP contribution < -0.4 is 5.73 Å². The summed E-state index contributed by atoms with van der Waals surface area (Å²) in [4.78, 5) is 2.33. The van der Waals surface area contributed by atoms with Gasteiger partial charge in [0, 0.05) is 19.1 Å². The Morgan fingerprint density at radius 1 is 1.47 bits per heavy atom. The monoisotopic (exact) mass is 322 g/mol. The predicted octanol–water partition coefficient (Wildman–Crippen LogP) is 2.93. The summed E-state index contributed by atoms with van der Waals surface area (Å²) in [5.41, 5.74) is 7.05. The van der Waals surface area contributed by atoms with Gasteiger partial charge >= 0.3 is 0 Å². The summed E-state index contributed by atoms with van der Waals surface area (Å²) in [6, 6.07) is 5.47. The molecule has 2 nitrogen and oxygen atoms in total. The van der Waals surface area contributed by atoms with Crippen LogP contribution in [0.5, 0.6) is 0 Å². The van der Waals surface area contributed by atoms with Crippen LogP contribution in [0.3, 0.4) is 0 Å². The van der Waals surface area contributed by atoms with Crippen LogP contribution in [0.1, 0.15) is 18.4 Å². The first-order valence-corrected chi connectivity index (χ1v) is 6.36. The molecule has 1 aliphatic heterocycles. The van der Waals surface area contributed by atoms with E-state index in [1.54, 1.807) is 0 Å². The van der Waals surface area contributed by atoms with Gasteiger partial charge in [-0.2, -0.15) is 0 Å². The fourth-order valence-corrected chi connectivity index (χ4v) is 2.56. The molecule has 0 amide bonds. The number of likely N-dealkylation sites (tertiary alicyclic amines) is 1. The third-order valence-corrected chi connectivity index (χ3v) is 3.54. The molecule has 0 saturated carbocycles.